The highest BCUT2D eigenvalue weighted by molar-refractivity contribution is 8.00. The lowest BCUT2D eigenvalue weighted by molar-refractivity contribution is -0.131. The minimum Gasteiger partial charge on any atom is -0.341 e. The first-order valence-electron chi connectivity index (χ1n) is 7.71. The van der Waals surface area contributed by atoms with Gasteiger partial charge in [-0.2, -0.15) is 0 Å². The van der Waals surface area contributed by atoms with Crippen LogP contribution < -0.4 is 5.32 Å². The normalized spacial score (nSPS) is 19.4. The third kappa shape index (κ3) is 4.19. The van der Waals surface area contributed by atoms with Crippen LogP contribution in [0.5, 0.6) is 0 Å². The van der Waals surface area contributed by atoms with Gasteiger partial charge in [-0.1, -0.05) is 12.1 Å². The number of carbonyl (C=O) groups excluding carboxylic acids is 1. The molecule has 2 N–H and O–H groups in total. The van der Waals surface area contributed by atoms with Crippen LogP contribution in [0.2, 0.25) is 0 Å². The molecule has 1 aromatic carbocycles. The zero-order valence-electron chi connectivity index (χ0n) is 13.4. The molecule has 7 heteroatoms. The first-order valence-corrected chi connectivity index (χ1v) is 8.76. The number of hydrogen-bond acceptors (Lipinski definition) is 4. The molecule has 1 amide bonds. The lowest BCUT2D eigenvalue weighted by Crippen LogP contribution is -2.52. The number of nitrogens with one attached hydrogen (secondary N) is 2. The van der Waals surface area contributed by atoms with Gasteiger partial charge in [0.1, 0.15) is 5.82 Å². The maximum absolute atomic E-state index is 12.4. The van der Waals surface area contributed by atoms with Gasteiger partial charge in [0.2, 0.25) is 5.91 Å². The number of imidazole rings is 1. The molecule has 0 saturated carbocycles. The Morgan fingerprint density at radius 2 is 2.26 bits per heavy atom. The second kappa shape index (κ2) is 8.04. The van der Waals surface area contributed by atoms with Crippen molar-refractivity contribution in [2.45, 2.75) is 25.1 Å². The first-order chi connectivity index (χ1) is 10.6. The van der Waals surface area contributed by atoms with Crippen molar-refractivity contribution in [1.82, 2.24) is 20.2 Å². The zero-order valence-corrected chi connectivity index (χ0v) is 15.0. The number of rotatable bonds is 4. The van der Waals surface area contributed by atoms with Crippen molar-refractivity contribution >= 4 is 41.1 Å². The highest BCUT2D eigenvalue weighted by Crippen LogP contribution is 2.28. The topological polar surface area (TPSA) is 61.0 Å². The van der Waals surface area contributed by atoms with Crippen LogP contribution in [0, 0.1) is 0 Å². The van der Waals surface area contributed by atoms with E-state index < -0.39 is 0 Å². The van der Waals surface area contributed by atoms with Gasteiger partial charge in [-0.15, -0.1) is 24.2 Å². The average molecular weight is 355 g/mol. The maximum Gasteiger partial charge on any atom is 0.232 e. The van der Waals surface area contributed by atoms with Crippen molar-refractivity contribution in [3.63, 3.8) is 0 Å². The summed E-state index contributed by atoms with van der Waals surface area (Å²) in [5, 5.41) is 3.48. The molecule has 2 heterocycles. The number of H-pyrrole nitrogens is 1. The summed E-state index contributed by atoms with van der Waals surface area (Å²) >= 11 is 1.64. The summed E-state index contributed by atoms with van der Waals surface area (Å²) in [6, 6.07) is 8.29. The Morgan fingerprint density at radius 1 is 1.48 bits per heavy atom. The van der Waals surface area contributed by atoms with E-state index in [-0.39, 0.29) is 29.6 Å². The number of fused-ring (bicyclic) bond motifs is 1. The summed E-state index contributed by atoms with van der Waals surface area (Å²) in [5.41, 5.74) is 2.03. The van der Waals surface area contributed by atoms with E-state index >= 15 is 0 Å². The number of nitrogens with zero attached hydrogens (tertiary/aromatic N) is 2. The van der Waals surface area contributed by atoms with E-state index in [9.17, 15) is 4.79 Å². The van der Waals surface area contributed by atoms with Gasteiger partial charge in [0, 0.05) is 25.7 Å². The molecule has 0 bridgehead atoms. The second-order valence-corrected chi connectivity index (χ2v) is 7.06. The monoisotopic (exact) mass is 354 g/mol. The number of benzene rings is 1. The maximum atomic E-state index is 12.4. The van der Waals surface area contributed by atoms with Crippen LogP contribution in [0.15, 0.2) is 24.3 Å². The van der Waals surface area contributed by atoms with Gasteiger partial charge in [-0.05, 0) is 26.0 Å². The average Bonchev–Trinajstić information content (AvgIpc) is 2.97. The molecule has 0 aliphatic carbocycles. The molecule has 1 saturated heterocycles. The molecule has 23 heavy (non-hydrogen) atoms. The fourth-order valence-electron chi connectivity index (χ4n) is 2.73. The number of aromatic nitrogens is 2. The smallest absolute Gasteiger partial charge is 0.232 e. The minimum absolute atomic E-state index is 0. The Morgan fingerprint density at radius 3 is 3.00 bits per heavy atom. The van der Waals surface area contributed by atoms with Gasteiger partial charge in [-0.25, -0.2) is 4.98 Å². The Balaban J connectivity index is 0.00000192. The fourth-order valence-corrected chi connectivity index (χ4v) is 3.56. The molecule has 0 radical (unpaired) electrons. The predicted octanol–water partition coefficient (Wildman–Crippen LogP) is 2.60. The van der Waals surface area contributed by atoms with E-state index in [1.54, 1.807) is 11.8 Å². The van der Waals surface area contributed by atoms with Gasteiger partial charge >= 0.3 is 0 Å². The summed E-state index contributed by atoms with van der Waals surface area (Å²) in [4.78, 5) is 22.3. The van der Waals surface area contributed by atoms with Crippen molar-refractivity contribution in [3.05, 3.63) is 30.1 Å². The van der Waals surface area contributed by atoms with Crippen molar-refractivity contribution in [2.24, 2.45) is 0 Å². The molecule has 1 aliphatic rings. The zero-order chi connectivity index (χ0) is 15.5. The molecule has 3 rings (SSSR count). The molecular weight excluding hydrogens is 332 g/mol. The Kier molecular flexibility index (Phi) is 6.33. The lowest BCUT2D eigenvalue weighted by atomic mass is 10.2. The summed E-state index contributed by atoms with van der Waals surface area (Å²) in [7, 11) is 0. The second-order valence-electron chi connectivity index (χ2n) is 5.73. The predicted molar refractivity (Wildman–Crippen MR) is 98.3 cm³/mol. The lowest BCUT2D eigenvalue weighted by Gasteiger charge is -2.34. The summed E-state index contributed by atoms with van der Waals surface area (Å²) in [6.45, 7) is 6.77. The van der Waals surface area contributed by atoms with Gasteiger partial charge in [0.15, 0.2) is 0 Å². The van der Waals surface area contributed by atoms with Gasteiger partial charge < -0.3 is 15.2 Å². The van der Waals surface area contributed by atoms with E-state index in [0.29, 0.717) is 5.75 Å². The van der Waals surface area contributed by atoms with Crippen LogP contribution >= 0.6 is 24.2 Å². The van der Waals surface area contributed by atoms with Crippen LogP contribution in [0.25, 0.3) is 11.0 Å². The van der Waals surface area contributed by atoms with Crippen molar-refractivity contribution in [1.29, 1.82) is 0 Å². The molecule has 5 nitrogen and oxygen atoms in total. The van der Waals surface area contributed by atoms with Gasteiger partial charge in [0.25, 0.3) is 0 Å². The van der Waals surface area contributed by atoms with E-state index in [0.717, 1.165) is 36.5 Å². The van der Waals surface area contributed by atoms with Crippen molar-refractivity contribution in [3.8, 4) is 0 Å². The number of carbonyl (C=O) groups is 1. The van der Waals surface area contributed by atoms with Crippen LogP contribution in [0.3, 0.4) is 0 Å². The Labute approximate surface area is 147 Å². The van der Waals surface area contributed by atoms with E-state index in [1.807, 2.05) is 29.2 Å². The van der Waals surface area contributed by atoms with Gasteiger partial charge in [0.05, 0.1) is 22.0 Å². The first kappa shape index (κ1) is 18.1. The molecule has 2 atom stereocenters. The summed E-state index contributed by atoms with van der Waals surface area (Å²) in [5.74, 6) is 1.66. The highest BCUT2D eigenvalue weighted by Gasteiger charge is 2.23. The number of amides is 1. The number of hydrogen-bond donors (Lipinski definition) is 2. The Bertz CT molecular complexity index is 629. The number of para-hydroxylation sites is 2. The molecule has 1 aromatic heterocycles. The van der Waals surface area contributed by atoms with Crippen LogP contribution in [0.4, 0.5) is 0 Å². The molecule has 2 aromatic rings. The third-order valence-electron chi connectivity index (χ3n) is 4.07. The van der Waals surface area contributed by atoms with E-state index in [1.165, 1.54) is 0 Å². The number of thioether (sulfide) groups is 1. The molecule has 1 fully saturated rings. The molecule has 126 valence electrons. The number of piperazine rings is 1. The highest BCUT2D eigenvalue weighted by atomic mass is 35.5. The molecule has 1 unspecified atom stereocenters. The minimum atomic E-state index is 0. The summed E-state index contributed by atoms with van der Waals surface area (Å²) < 4.78 is 0. The van der Waals surface area contributed by atoms with Crippen molar-refractivity contribution in [2.75, 3.05) is 25.4 Å². The van der Waals surface area contributed by atoms with Gasteiger partial charge in [-0.3, -0.25) is 4.79 Å². The van der Waals surface area contributed by atoms with Crippen LogP contribution in [-0.2, 0) is 4.79 Å². The molecule has 1 aliphatic heterocycles. The van der Waals surface area contributed by atoms with E-state index in [2.05, 4.69) is 29.1 Å². The number of halogens is 1. The fraction of sp³-hybridized carbons (Fsp3) is 0.500. The SMILES string of the molecule is CC(SCC(=O)N1CCNC[C@H]1C)c1nc2ccccc2[nH]1.Cl. The number of aromatic amines is 1. The van der Waals surface area contributed by atoms with Crippen LogP contribution in [0.1, 0.15) is 24.9 Å². The standard InChI is InChI=1S/C16H22N4OS.ClH/c1-11-9-17-7-8-20(11)15(21)10-22-12(2)16-18-13-5-3-4-6-14(13)19-16;/h3-6,11-12,17H,7-10H2,1-2H3,(H,18,19);1H/t11-,12?;/m1./s1. The summed E-state index contributed by atoms with van der Waals surface area (Å²) in [6.07, 6.45) is 0. The van der Waals surface area contributed by atoms with Crippen molar-refractivity contribution < 1.29 is 4.79 Å². The molecule has 0 spiro atoms. The Hall–Kier alpha value is -1.24. The van der Waals surface area contributed by atoms with E-state index in [4.69, 9.17) is 0 Å². The largest absolute Gasteiger partial charge is 0.341 e. The molecular formula is C16H23ClN4OS. The quantitative estimate of drug-likeness (QED) is 0.886. The third-order valence-corrected chi connectivity index (χ3v) is 5.21. The van der Waals surface area contributed by atoms with Crippen LogP contribution in [-0.4, -0.2) is 52.2 Å².